The summed E-state index contributed by atoms with van der Waals surface area (Å²) >= 11 is 0. The monoisotopic (exact) mass is 552 g/mol. The molecule has 4 rings (SSSR count). The molecule has 1 unspecified atom stereocenters. The number of oxime groups is 1. The van der Waals surface area contributed by atoms with E-state index in [9.17, 15) is 14.7 Å². The number of unbranched alkanes of at least 4 members (excludes halogenated alkanes) is 1. The molecule has 4 aromatic rings. The molecule has 8 nitrogen and oxygen atoms in total. The van der Waals surface area contributed by atoms with E-state index in [2.05, 4.69) is 17.4 Å². The van der Waals surface area contributed by atoms with Gasteiger partial charge in [0.1, 0.15) is 12.9 Å². The molecule has 0 bridgehead atoms. The van der Waals surface area contributed by atoms with Gasteiger partial charge in [-0.2, -0.15) is 0 Å². The van der Waals surface area contributed by atoms with Crippen molar-refractivity contribution in [1.82, 2.24) is 14.9 Å². The summed E-state index contributed by atoms with van der Waals surface area (Å²) in [5, 5.41) is 16.7. The summed E-state index contributed by atoms with van der Waals surface area (Å²) in [5.74, 6) is 0.936. The van der Waals surface area contributed by atoms with Gasteiger partial charge in [-0.1, -0.05) is 79.2 Å². The summed E-state index contributed by atoms with van der Waals surface area (Å²) in [6.45, 7) is 5.68. The van der Waals surface area contributed by atoms with Crippen molar-refractivity contribution in [3.05, 3.63) is 117 Å². The van der Waals surface area contributed by atoms with Crippen LogP contribution in [-0.4, -0.2) is 34.0 Å². The number of aromatic nitrogens is 2. The largest absolute Gasteiger partial charge is 0.397 e. The van der Waals surface area contributed by atoms with E-state index in [4.69, 9.17) is 9.82 Å². The van der Waals surface area contributed by atoms with Crippen LogP contribution in [-0.2, 0) is 22.5 Å². The van der Waals surface area contributed by atoms with Crippen LogP contribution < -0.4 is 10.9 Å². The first-order valence-corrected chi connectivity index (χ1v) is 13.8. The highest BCUT2D eigenvalue weighted by molar-refractivity contribution is 6.08. The number of aryl methyl sites for hydroxylation is 2. The third kappa shape index (κ3) is 6.78. The van der Waals surface area contributed by atoms with E-state index in [1.165, 1.54) is 7.11 Å². The molecule has 0 aliphatic heterocycles. The topological polar surface area (TPSA) is 106 Å². The van der Waals surface area contributed by atoms with Crippen molar-refractivity contribution in [2.45, 2.75) is 52.6 Å². The number of hydrogen-bond acceptors (Lipinski definition) is 6. The van der Waals surface area contributed by atoms with Crippen molar-refractivity contribution < 1.29 is 14.7 Å². The maximum atomic E-state index is 14.0. The van der Waals surface area contributed by atoms with Gasteiger partial charge in [-0.25, -0.2) is 4.98 Å². The number of carbonyl (C=O) groups excluding carboxylic acids is 1. The quantitative estimate of drug-likeness (QED) is 0.114. The molecule has 1 aromatic heterocycles. The van der Waals surface area contributed by atoms with E-state index in [0.717, 1.165) is 52.8 Å². The molecule has 212 valence electrons. The predicted octanol–water partition coefficient (Wildman–Crippen LogP) is 5.25. The summed E-state index contributed by atoms with van der Waals surface area (Å²) in [4.78, 5) is 34.9. The van der Waals surface area contributed by atoms with Crippen LogP contribution in [0.5, 0.6) is 0 Å². The Morgan fingerprint density at radius 1 is 1.12 bits per heavy atom. The average molecular weight is 553 g/mol. The molecule has 3 aromatic carbocycles. The number of benzene rings is 3. The van der Waals surface area contributed by atoms with Crippen molar-refractivity contribution in [3.63, 3.8) is 0 Å². The van der Waals surface area contributed by atoms with Crippen molar-refractivity contribution in [2.24, 2.45) is 5.16 Å². The Morgan fingerprint density at radius 3 is 2.56 bits per heavy atom. The fourth-order valence-corrected chi connectivity index (χ4v) is 4.92. The van der Waals surface area contributed by atoms with Crippen LogP contribution in [0.3, 0.4) is 0 Å². The maximum Gasteiger partial charge on any atom is 0.261 e. The standard InChI is InChI=1S/C33H36N4O4/c1-5-6-14-31-30(33(40)37(23(3)35-31)27-11-9-10-26(20-27)22(2)39)19-24-15-17-25(18-16-24)28-12-7-8-13-29(28)32(34-21-38)36-41-4/h7-13,15-18,20-22,39H,5-6,14,19H2,1-4H3,(H,34,36,38). The van der Waals surface area contributed by atoms with Crippen molar-refractivity contribution in [2.75, 3.05) is 7.11 Å². The number of hydrogen-bond donors (Lipinski definition) is 2. The molecule has 1 amide bonds. The summed E-state index contributed by atoms with van der Waals surface area (Å²) in [6.07, 6.45) is 3.03. The van der Waals surface area contributed by atoms with E-state index < -0.39 is 6.10 Å². The Hall–Kier alpha value is -4.56. The van der Waals surface area contributed by atoms with Crippen LogP contribution in [0.2, 0.25) is 0 Å². The molecule has 2 N–H and O–H groups in total. The van der Waals surface area contributed by atoms with Crippen LogP contribution >= 0.6 is 0 Å². The maximum absolute atomic E-state index is 14.0. The molecule has 1 atom stereocenters. The van der Waals surface area contributed by atoms with Gasteiger partial charge in [-0.15, -0.1) is 0 Å². The van der Waals surface area contributed by atoms with Gasteiger partial charge in [0.05, 0.1) is 17.5 Å². The first-order valence-electron chi connectivity index (χ1n) is 13.8. The highest BCUT2D eigenvalue weighted by Crippen LogP contribution is 2.26. The second-order valence-corrected chi connectivity index (χ2v) is 9.90. The SMILES string of the molecule is CCCCc1nc(C)n(-c2cccc(C(C)O)c2)c(=O)c1Cc1ccc(-c2ccccc2/C(=N/OC)NC=O)cc1. The molecule has 41 heavy (non-hydrogen) atoms. The lowest BCUT2D eigenvalue weighted by molar-refractivity contribution is -0.108. The number of nitrogens with one attached hydrogen (secondary N) is 1. The van der Waals surface area contributed by atoms with E-state index in [-0.39, 0.29) is 5.56 Å². The Balaban J connectivity index is 1.74. The highest BCUT2D eigenvalue weighted by atomic mass is 16.6. The number of rotatable bonds is 11. The van der Waals surface area contributed by atoms with Crippen LogP contribution in [0.4, 0.5) is 0 Å². The second kappa shape index (κ2) is 13.7. The van der Waals surface area contributed by atoms with Crippen LogP contribution in [0.25, 0.3) is 16.8 Å². The zero-order chi connectivity index (χ0) is 29.4. The Bertz CT molecular complexity index is 1590. The van der Waals surface area contributed by atoms with Crippen LogP contribution in [0.1, 0.15) is 66.6 Å². The molecule has 8 heteroatoms. The summed E-state index contributed by atoms with van der Waals surface area (Å²) in [7, 11) is 1.43. The summed E-state index contributed by atoms with van der Waals surface area (Å²) in [6, 6.07) is 23.0. The number of aliphatic hydroxyl groups is 1. The fourth-order valence-electron chi connectivity index (χ4n) is 4.92. The van der Waals surface area contributed by atoms with E-state index in [1.54, 1.807) is 11.5 Å². The van der Waals surface area contributed by atoms with Crippen LogP contribution in [0, 0.1) is 6.92 Å². The van der Waals surface area contributed by atoms with Crippen molar-refractivity contribution in [1.29, 1.82) is 0 Å². The molecule has 0 radical (unpaired) electrons. The lowest BCUT2D eigenvalue weighted by atomic mass is 9.96. The zero-order valence-corrected chi connectivity index (χ0v) is 23.9. The fraction of sp³-hybridized carbons (Fsp3) is 0.273. The smallest absolute Gasteiger partial charge is 0.261 e. The van der Waals surface area contributed by atoms with Crippen molar-refractivity contribution >= 4 is 12.2 Å². The number of aliphatic hydroxyl groups excluding tert-OH is 1. The molecule has 0 aliphatic carbocycles. The minimum atomic E-state index is -0.642. The summed E-state index contributed by atoms with van der Waals surface area (Å²) < 4.78 is 1.64. The molecule has 0 fully saturated rings. The van der Waals surface area contributed by atoms with Crippen LogP contribution in [0.15, 0.2) is 82.7 Å². The Morgan fingerprint density at radius 2 is 1.88 bits per heavy atom. The van der Waals surface area contributed by atoms with Gasteiger partial charge < -0.3 is 15.3 Å². The number of amides is 1. The molecule has 0 saturated heterocycles. The van der Waals surface area contributed by atoms with E-state index >= 15 is 0 Å². The van der Waals surface area contributed by atoms with E-state index in [1.807, 2.05) is 79.7 Å². The average Bonchev–Trinajstić information content (AvgIpc) is 2.98. The molecule has 1 heterocycles. The molecular weight excluding hydrogens is 516 g/mol. The van der Waals surface area contributed by atoms with Gasteiger partial charge in [0.2, 0.25) is 6.41 Å². The molecule has 0 spiro atoms. The van der Waals surface area contributed by atoms with Gasteiger partial charge in [0.15, 0.2) is 5.84 Å². The zero-order valence-electron chi connectivity index (χ0n) is 23.9. The summed E-state index contributed by atoms with van der Waals surface area (Å²) in [5.41, 5.74) is 6.34. The van der Waals surface area contributed by atoms with Gasteiger partial charge >= 0.3 is 0 Å². The Labute approximate surface area is 240 Å². The highest BCUT2D eigenvalue weighted by Gasteiger charge is 2.18. The van der Waals surface area contributed by atoms with Gasteiger partial charge in [0, 0.05) is 17.5 Å². The predicted molar refractivity (Wildman–Crippen MR) is 161 cm³/mol. The van der Waals surface area contributed by atoms with Gasteiger partial charge in [-0.05, 0) is 61.1 Å². The molecular formula is C33H36N4O4. The Kier molecular flexibility index (Phi) is 9.81. The minimum absolute atomic E-state index is 0.0962. The first kappa shape index (κ1) is 29.4. The molecule has 0 aliphatic rings. The van der Waals surface area contributed by atoms with Gasteiger partial charge in [0.25, 0.3) is 5.56 Å². The van der Waals surface area contributed by atoms with E-state index in [0.29, 0.717) is 35.7 Å². The third-order valence-corrected chi connectivity index (χ3v) is 7.01. The number of carbonyl (C=O) groups is 1. The van der Waals surface area contributed by atoms with Gasteiger partial charge in [-0.3, -0.25) is 14.2 Å². The third-order valence-electron chi connectivity index (χ3n) is 7.01. The minimum Gasteiger partial charge on any atom is -0.397 e. The lowest BCUT2D eigenvalue weighted by Gasteiger charge is -2.17. The molecule has 0 saturated carbocycles. The number of nitrogens with zero attached hydrogens (tertiary/aromatic N) is 3. The van der Waals surface area contributed by atoms with Crippen molar-refractivity contribution in [3.8, 4) is 16.8 Å². The first-order chi connectivity index (χ1) is 19.9. The second-order valence-electron chi connectivity index (χ2n) is 9.90. The number of amidine groups is 1. The normalized spacial score (nSPS) is 12.2. The lowest BCUT2D eigenvalue weighted by Crippen LogP contribution is -2.28.